The van der Waals surface area contributed by atoms with Gasteiger partial charge in [-0.2, -0.15) is 0 Å². The fourth-order valence-corrected chi connectivity index (χ4v) is 10.1. The smallest absolute Gasteiger partial charge is 0.0540 e. The molecule has 246 valence electrons. The highest BCUT2D eigenvalue weighted by Gasteiger charge is 2.62. The van der Waals surface area contributed by atoms with Crippen molar-refractivity contribution in [1.82, 2.24) is 0 Å². The van der Waals surface area contributed by atoms with Crippen molar-refractivity contribution in [2.75, 3.05) is 9.80 Å². The highest BCUT2D eigenvalue weighted by Crippen LogP contribution is 2.68. The maximum Gasteiger partial charge on any atom is 0.0540 e. The lowest BCUT2D eigenvalue weighted by Crippen LogP contribution is -2.34. The van der Waals surface area contributed by atoms with Gasteiger partial charge in [0.1, 0.15) is 0 Å². The van der Waals surface area contributed by atoms with Crippen LogP contribution in [-0.2, 0) is 18.3 Å². The van der Waals surface area contributed by atoms with Crippen LogP contribution in [0.1, 0.15) is 35.1 Å². The Morgan fingerprint density at radius 1 is 0.373 bits per heavy atom. The van der Waals surface area contributed by atoms with Crippen molar-refractivity contribution < 1.29 is 0 Å². The molecule has 7 aromatic carbocycles. The van der Waals surface area contributed by atoms with Gasteiger partial charge in [0.15, 0.2) is 0 Å². The maximum atomic E-state index is 2.57. The first-order chi connectivity index (χ1) is 25.3. The largest absolute Gasteiger partial charge is 0.310 e. The summed E-state index contributed by atoms with van der Waals surface area (Å²) >= 11 is 0. The molecule has 3 atom stereocenters. The van der Waals surface area contributed by atoms with Crippen molar-refractivity contribution in [3.8, 4) is 11.1 Å². The monoisotopic (exact) mass is 656 g/mol. The van der Waals surface area contributed by atoms with Gasteiger partial charge in [-0.3, -0.25) is 0 Å². The average molecular weight is 657 g/mol. The molecule has 7 aromatic rings. The minimum absolute atomic E-state index is 0.0889. The van der Waals surface area contributed by atoms with Crippen molar-refractivity contribution in [2.24, 2.45) is 11.8 Å². The molecule has 2 heteroatoms. The van der Waals surface area contributed by atoms with Crippen molar-refractivity contribution in [1.29, 1.82) is 0 Å². The number of hydrogen-bond donors (Lipinski definition) is 0. The maximum absolute atomic E-state index is 2.57. The fraction of sp³-hybridized carbons (Fsp3) is 0.143. The third-order valence-electron chi connectivity index (χ3n) is 11.9. The normalized spacial score (nSPS) is 19.5. The first-order valence-electron chi connectivity index (χ1n) is 18.5. The molecule has 1 saturated carbocycles. The molecule has 3 aliphatic rings. The van der Waals surface area contributed by atoms with Crippen LogP contribution < -0.4 is 9.80 Å². The fourth-order valence-electron chi connectivity index (χ4n) is 10.1. The van der Waals surface area contributed by atoms with Crippen LogP contribution >= 0.6 is 0 Å². The molecular formula is C49H40N2. The summed E-state index contributed by atoms with van der Waals surface area (Å²) in [6, 6.07) is 67.1. The molecule has 1 fully saturated rings. The Hall–Kier alpha value is -5.86. The molecule has 0 radical (unpaired) electrons. The van der Waals surface area contributed by atoms with Crippen LogP contribution in [-0.4, -0.2) is 0 Å². The summed E-state index contributed by atoms with van der Waals surface area (Å²) < 4.78 is 0. The van der Waals surface area contributed by atoms with E-state index in [9.17, 15) is 0 Å². The summed E-state index contributed by atoms with van der Waals surface area (Å²) in [4.78, 5) is 5.09. The van der Waals surface area contributed by atoms with Gasteiger partial charge in [-0.05, 0) is 120 Å². The van der Waals surface area contributed by atoms with Crippen LogP contribution in [0, 0.1) is 11.8 Å². The van der Waals surface area contributed by atoms with Crippen molar-refractivity contribution in [3.05, 3.63) is 204 Å². The minimum atomic E-state index is -0.0889. The Balaban J connectivity index is 1.25. The molecule has 0 saturated heterocycles. The molecule has 1 spiro atoms. The third-order valence-corrected chi connectivity index (χ3v) is 11.9. The van der Waals surface area contributed by atoms with E-state index in [1.54, 1.807) is 5.56 Å². The van der Waals surface area contributed by atoms with Crippen LogP contribution in [0.15, 0.2) is 182 Å². The highest BCUT2D eigenvalue weighted by molar-refractivity contribution is 5.91. The molecule has 0 aromatic heterocycles. The van der Waals surface area contributed by atoms with Gasteiger partial charge < -0.3 is 9.80 Å². The zero-order valence-corrected chi connectivity index (χ0v) is 28.7. The van der Waals surface area contributed by atoms with Gasteiger partial charge >= 0.3 is 0 Å². The lowest BCUT2D eigenvalue weighted by Gasteiger charge is -2.40. The van der Waals surface area contributed by atoms with Crippen LogP contribution in [0.4, 0.5) is 34.1 Å². The average Bonchev–Trinajstić information content (AvgIpc) is 3.83. The summed E-state index contributed by atoms with van der Waals surface area (Å²) in [6.45, 7) is 0. The standard InChI is InChI=1S/C49H40N2/c1-5-17-35(18-6-1)43-27-13-14-28-44(43)51(42-25-11-4-12-26-42)46-30-16-20-37-34-39-32-31-38-33-36-19-15-29-45(47(36)49(38,39)48(37)46)50(40-21-7-2-8-22-40)41-23-9-3-10-24-41/h1-30,38-39H,31-34H2. The van der Waals surface area contributed by atoms with Crippen LogP contribution in [0.3, 0.4) is 0 Å². The van der Waals surface area contributed by atoms with E-state index in [1.165, 1.54) is 74.8 Å². The zero-order valence-electron chi connectivity index (χ0n) is 28.7. The molecule has 3 unspecified atom stereocenters. The van der Waals surface area contributed by atoms with Gasteiger partial charge in [0.25, 0.3) is 0 Å². The lowest BCUT2D eigenvalue weighted by atomic mass is 9.68. The van der Waals surface area contributed by atoms with Gasteiger partial charge in [-0.25, -0.2) is 0 Å². The second kappa shape index (κ2) is 12.2. The zero-order chi connectivity index (χ0) is 33.8. The molecule has 0 N–H and O–H groups in total. The molecule has 0 bridgehead atoms. The van der Waals surface area contributed by atoms with E-state index < -0.39 is 0 Å². The number of benzene rings is 7. The third kappa shape index (κ3) is 4.63. The summed E-state index contributed by atoms with van der Waals surface area (Å²) in [5.74, 6) is 1.10. The number of para-hydroxylation sites is 4. The van der Waals surface area contributed by atoms with Crippen molar-refractivity contribution >= 4 is 34.1 Å². The summed E-state index contributed by atoms with van der Waals surface area (Å²) in [5.41, 5.74) is 15.9. The number of rotatable bonds is 7. The van der Waals surface area contributed by atoms with E-state index in [-0.39, 0.29) is 5.41 Å². The Morgan fingerprint density at radius 2 is 0.784 bits per heavy atom. The van der Waals surface area contributed by atoms with Crippen LogP contribution in [0.25, 0.3) is 11.1 Å². The van der Waals surface area contributed by atoms with E-state index >= 15 is 0 Å². The molecule has 0 amide bonds. The molecule has 51 heavy (non-hydrogen) atoms. The van der Waals surface area contributed by atoms with E-state index in [2.05, 4.69) is 192 Å². The molecule has 3 aliphatic carbocycles. The Morgan fingerprint density at radius 3 is 1.31 bits per heavy atom. The van der Waals surface area contributed by atoms with Gasteiger partial charge in [-0.15, -0.1) is 0 Å². The first kappa shape index (κ1) is 30.0. The van der Waals surface area contributed by atoms with E-state index in [1.807, 2.05) is 0 Å². The molecule has 0 heterocycles. The number of hydrogen-bond acceptors (Lipinski definition) is 2. The quantitative estimate of drug-likeness (QED) is 0.168. The number of nitrogens with zero attached hydrogens (tertiary/aromatic N) is 2. The van der Waals surface area contributed by atoms with Gasteiger partial charge in [-0.1, -0.05) is 127 Å². The van der Waals surface area contributed by atoms with Crippen molar-refractivity contribution in [2.45, 2.75) is 31.1 Å². The van der Waals surface area contributed by atoms with Crippen molar-refractivity contribution in [3.63, 3.8) is 0 Å². The van der Waals surface area contributed by atoms with E-state index in [0.29, 0.717) is 11.8 Å². The van der Waals surface area contributed by atoms with Gasteiger partial charge in [0.2, 0.25) is 0 Å². The molecule has 0 aliphatic heterocycles. The topological polar surface area (TPSA) is 6.48 Å². The van der Waals surface area contributed by atoms with E-state index in [4.69, 9.17) is 0 Å². The Labute approximate surface area is 301 Å². The molecule has 2 nitrogen and oxygen atoms in total. The van der Waals surface area contributed by atoms with Gasteiger partial charge in [0, 0.05) is 28.0 Å². The summed E-state index contributed by atoms with van der Waals surface area (Å²) in [6.07, 6.45) is 4.76. The molecule has 10 rings (SSSR count). The molecular weight excluding hydrogens is 617 g/mol. The minimum Gasteiger partial charge on any atom is -0.310 e. The number of fused-ring (bicyclic) bond motifs is 2. The predicted molar refractivity (Wildman–Crippen MR) is 212 cm³/mol. The second-order valence-electron chi connectivity index (χ2n) is 14.4. The summed E-state index contributed by atoms with van der Waals surface area (Å²) in [7, 11) is 0. The Kier molecular flexibility index (Phi) is 7.16. The SMILES string of the molecule is c1ccc(-c2ccccc2N(c2ccccc2)c2cccc3c2C24c5c(cccc5N(c5ccccc5)c5ccccc5)CC2CCC4C3)cc1. The highest BCUT2D eigenvalue weighted by atomic mass is 15.2. The lowest BCUT2D eigenvalue weighted by molar-refractivity contribution is 0.350. The van der Waals surface area contributed by atoms with E-state index in [0.717, 1.165) is 12.8 Å². The second-order valence-corrected chi connectivity index (χ2v) is 14.4. The summed E-state index contributed by atoms with van der Waals surface area (Å²) in [5, 5.41) is 0. The van der Waals surface area contributed by atoms with Crippen LogP contribution in [0.5, 0.6) is 0 Å². The van der Waals surface area contributed by atoms with Gasteiger partial charge in [0.05, 0.1) is 17.1 Å². The first-order valence-corrected chi connectivity index (χ1v) is 18.5. The predicted octanol–water partition coefficient (Wildman–Crippen LogP) is 12.7. The van der Waals surface area contributed by atoms with Crippen LogP contribution in [0.2, 0.25) is 0 Å². The Bertz CT molecular complexity index is 2290. The number of anilines is 6.